The van der Waals surface area contributed by atoms with E-state index in [1.165, 1.54) is 0 Å². The van der Waals surface area contributed by atoms with Gasteiger partial charge in [0.2, 0.25) is 0 Å². The zero-order chi connectivity index (χ0) is 32.1. The molecule has 1 aromatic carbocycles. The summed E-state index contributed by atoms with van der Waals surface area (Å²) in [5, 5.41) is 26.0. The summed E-state index contributed by atoms with van der Waals surface area (Å²) < 4.78 is 0. The van der Waals surface area contributed by atoms with Crippen LogP contribution in [-0.2, 0) is 9.59 Å². The van der Waals surface area contributed by atoms with Gasteiger partial charge in [0, 0.05) is 28.0 Å². The van der Waals surface area contributed by atoms with Crippen LogP contribution in [0.15, 0.2) is 47.6 Å². The number of aromatic hydroxyl groups is 1. The molecule has 0 saturated heterocycles. The fourth-order valence-electron chi connectivity index (χ4n) is 10.8. The lowest BCUT2D eigenvalue weighted by Crippen LogP contribution is -2.70. The smallest absolute Gasteiger partial charge is 0.319 e. The molecule has 5 aliphatic carbocycles. The van der Waals surface area contributed by atoms with Crippen LogP contribution in [0.2, 0.25) is 0 Å². The van der Waals surface area contributed by atoms with Gasteiger partial charge in [0.05, 0.1) is 5.57 Å². The van der Waals surface area contributed by atoms with Crippen LogP contribution in [-0.4, -0.2) is 28.2 Å². The van der Waals surface area contributed by atoms with Crippen molar-refractivity contribution in [3.63, 3.8) is 0 Å². The molecule has 234 valence electrons. The zero-order valence-corrected chi connectivity index (χ0v) is 27.3. The van der Waals surface area contributed by atoms with Crippen LogP contribution in [0.1, 0.15) is 93.4 Å². The Morgan fingerprint density at radius 1 is 0.955 bits per heavy atom. The molecule has 0 aromatic heterocycles. The van der Waals surface area contributed by atoms with Crippen molar-refractivity contribution in [2.24, 2.45) is 44.8 Å². The molecule has 3 N–H and O–H groups in total. The number of phenolic OH excluding ortho intramolecular Hbond substituents is 1. The number of rotatable bonds is 2. The number of phenols is 1. The normalized spacial score (nSPS) is 40.1. The predicted molar refractivity (Wildman–Crippen MR) is 169 cm³/mol. The lowest BCUT2D eigenvalue weighted by atomic mass is 9.35. The molecule has 3 saturated carbocycles. The van der Waals surface area contributed by atoms with Gasteiger partial charge < -0.3 is 15.7 Å². The van der Waals surface area contributed by atoms with Crippen molar-refractivity contribution in [2.75, 3.05) is 5.32 Å². The fourth-order valence-corrected chi connectivity index (χ4v) is 10.8. The van der Waals surface area contributed by atoms with Gasteiger partial charge in [0.25, 0.3) is 0 Å². The number of benzene rings is 1. The summed E-state index contributed by atoms with van der Waals surface area (Å²) in [5.41, 5.74) is -0.484. The van der Waals surface area contributed by atoms with E-state index in [0.29, 0.717) is 5.69 Å². The lowest BCUT2D eigenvalue weighted by Gasteiger charge is -2.69. The molecular weight excluding hydrogens is 550 g/mol. The van der Waals surface area contributed by atoms with Gasteiger partial charge in [-0.3, -0.25) is 9.59 Å². The number of urea groups is 1. The molecule has 7 atom stereocenters. The van der Waals surface area contributed by atoms with Crippen LogP contribution in [0.5, 0.6) is 5.75 Å². The molecule has 2 amide bonds. The molecule has 1 aromatic rings. The second-order valence-corrected chi connectivity index (χ2v) is 16.5. The average molecular weight is 598 g/mol. The highest BCUT2D eigenvalue weighted by molar-refractivity contribution is 6.04. The molecule has 5 aliphatic rings. The van der Waals surface area contributed by atoms with Crippen LogP contribution in [0.3, 0.4) is 0 Å². The van der Waals surface area contributed by atoms with E-state index in [2.05, 4.69) is 51.3 Å². The maximum absolute atomic E-state index is 14.7. The maximum Gasteiger partial charge on any atom is 0.319 e. The van der Waals surface area contributed by atoms with Crippen molar-refractivity contribution >= 4 is 23.3 Å². The Hall–Kier alpha value is -3.40. The summed E-state index contributed by atoms with van der Waals surface area (Å²) in [7, 11) is 0. The highest BCUT2D eigenvalue weighted by atomic mass is 16.3. The van der Waals surface area contributed by atoms with Gasteiger partial charge in [-0.1, -0.05) is 60.1 Å². The fraction of sp³-hybridized carbons (Fsp3) is 0.622. The van der Waals surface area contributed by atoms with E-state index in [4.69, 9.17) is 0 Å². The third kappa shape index (κ3) is 4.16. The first-order valence-electron chi connectivity index (χ1n) is 16.3. The number of ketones is 2. The van der Waals surface area contributed by atoms with Gasteiger partial charge in [-0.05, 0) is 103 Å². The Labute approximate surface area is 261 Å². The third-order valence-electron chi connectivity index (χ3n) is 13.3. The van der Waals surface area contributed by atoms with Crippen LogP contribution >= 0.6 is 0 Å². The summed E-state index contributed by atoms with van der Waals surface area (Å²) in [6.07, 6.45) is 9.72. The monoisotopic (exact) mass is 597 g/mol. The minimum atomic E-state index is -0.693. The summed E-state index contributed by atoms with van der Waals surface area (Å²) in [6.45, 7) is 15.3. The second kappa shape index (κ2) is 9.55. The van der Waals surface area contributed by atoms with Crippen LogP contribution < -0.4 is 10.6 Å². The topological polar surface area (TPSA) is 119 Å². The molecule has 7 nitrogen and oxygen atoms in total. The highest BCUT2D eigenvalue weighted by Gasteiger charge is 2.70. The van der Waals surface area contributed by atoms with E-state index in [1.54, 1.807) is 24.3 Å². The summed E-state index contributed by atoms with van der Waals surface area (Å²) in [4.78, 5) is 41.5. The molecule has 0 bridgehead atoms. The molecule has 0 heterocycles. The number of nitriles is 1. The summed E-state index contributed by atoms with van der Waals surface area (Å²) in [5.74, 6) is -0.113. The predicted octanol–water partition coefficient (Wildman–Crippen LogP) is 7.49. The van der Waals surface area contributed by atoms with Gasteiger partial charge >= 0.3 is 6.03 Å². The van der Waals surface area contributed by atoms with E-state index in [9.17, 15) is 24.8 Å². The Balaban J connectivity index is 1.42. The Morgan fingerprint density at radius 2 is 1.61 bits per heavy atom. The number of carbonyl (C=O) groups is 3. The molecule has 2 unspecified atom stereocenters. The minimum absolute atomic E-state index is 0.00781. The van der Waals surface area contributed by atoms with Crippen molar-refractivity contribution in [3.05, 3.63) is 47.6 Å². The zero-order valence-electron chi connectivity index (χ0n) is 27.3. The summed E-state index contributed by atoms with van der Waals surface area (Å²) >= 11 is 0. The first-order chi connectivity index (χ1) is 20.4. The molecule has 6 rings (SSSR count). The SMILES string of the molecule is CC1(C)CC[C@]2(NC(=O)Nc3ccc(O)cc3)CC[C@]3(C)C(C(=O)C=C4[C@@]5(C)C=C(C#N)C(=O)C(C)(C)[C@@H]5CC[C@]43C)C2C1. The largest absolute Gasteiger partial charge is 0.508 e. The van der Waals surface area contributed by atoms with E-state index in [0.717, 1.165) is 50.5 Å². The molecule has 0 spiro atoms. The summed E-state index contributed by atoms with van der Waals surface area (Å²) in [6, 6.07) is 8.34. The minimum Gasteiger partial charge on any atom is -0.508 e. The molecule has 0 aliphatic heterocycles. The first-order valence-corrected chi connectivity index (χ1v) is 16.3. The van der Waals surface area contributed by atoms with Gasteiger partial charge in [0.1, 0.15) is 11.8 Å². The van der Waals surface area contributed by atoms with Gasteiger partial charge in [0.15, 0.2) is 11.6 Å². The van der Waals surface area contributed by atoms with E-state index in [-0.39, 0.29) is 62.9 Å². The van der Waals surface area contributed by atoms with Crippen LogP contribution in [0.25, 0.3) is 0 Å². The number of anilines is 1. The molecule has 7 heteroatoms. The Morgan fingerprint density at radius 3 is 2.27 bits per heavy atom. The molecule has 3 fully saturated rings. The Bertz CT molecular complexity index is 1550. The van der Waals surface area contributed by atoms with Crippen LogP contribution in [0.4, 0.5) is 10.5 Å². The van der Waals surface area contributed by atoms with Crippen molar-refractivity contribution in [2.45, 2.75) is 99.0 Å². The molecule has 44 heavy (non-hydrogen) atoms. The number of allylic oxidation sites excluding steroid dienone is 4. The van der Waals surface area contributed by atoms with E-state index in [1.807, 2.05) is 26.0 Å². The van der Waals surface area contributed by atoms with Crippen LogP contribution in [0, 0.1) is 56.2 Å². The van der Waals surface area contributed by atoms with Gasteiger partial charge in [-0.15, -0.1) is 0 Å². The van der Waals surface area contributed by atoms with Crippen molar-refractivity contribution < 1.29 is 19.5 Å². The first kappa shape index (κ1) is 30.6. The molecular formula is C37H47N3O4. The van der Waals surface area contributed by atoms with Gasteiger partial charge in [-0.2, -0.15) is 5.26 Å². The number of hydrogen-bond donors (Lipinski definition) is 3. The van der Waals surface area contributed by atoms with E-state index >= 15 is 0 Å². The molecule has 0 radical (unpaired) electrons. The second-order valence-electron chi connectivity index (χ2n) is 16.5. The highest BCUT2D eigenvalue weighted by Crippen LogP contribution is 2.73. The number of fused-ring (bicyclic) bond motifs is 7. The number of amides is 2. The number of carbonyl (C=O) groups excluding carboxylic acids is 3. The number of Topliss-reactive ketones (excluding diaryl/α,β-unsaturated/α-hetero) is 1. The average Bonchev–Trinajstić information content (AvgIpc) is 2.94. The number of hydrogen-bond acceptors (Lipinski definition) is 5. The number of nitrogens with zero attached hydrogens (tertiary/aromatic N) is 1. The Kier molecular flexibility index (Phi) is 6.65. The third-order valence-corrected chi connectivity index (χ3v) is 13.3. The lowest BCUT2D eigenvalue weighted by molar-refractivity contribution is -0.160. The standard InChI is InChI=1S/C37H47N3O4/c1-32(2)14-16-37(40-31(44)39-23-8-10-24(41)11-9-23)17-15-36(7)29(25(37)20-32)26(42)18-28-34(5)19-22(21-38)30(43)33(3,4)27(34)12-13-35(28,36)6/h8-11,18-19,25,27,29,41H,12-17,20H2,1-7H3,(H2,39,40,44)/t25?,27-,29?,34-,35+,36+,37-/m0/s1. The van der Waals surface area contributed by atoms with Crippen molar-refractivity contribution in [1.82, 2.24) is 5.32 Å². The quantitative estimate of drug-likeness (QED) is 0.305. The van der Waals surface area contributed by atoms with Gasteiger partial charge in [-0.25, -0.2) is 4.79 Å². The van der Waals surface area contributed by atoms with Crippen molar-refractivity contribution in [1.29, 1.82) is 5.26 Å². The maximum atomic E-state index is 14.7. The van der Waals surface area contributed by atoms with Crippen molar-refractivity contribution in [3.8, 4) is 11.8 Å². The number of nitrogens with one attached hydrogen (secondary N) is 2. The van der Waals surface area contributed by atoms with E-state index < -0.39 is 16.4 Å².